The lowest BCUT2D eigenvalue weighted by atomic mass is 10.1. The third-order valence-electron chi connectivity index (χ3n) is 2.38. The molecule has 0 fully saturated rings. The second kappa shape index (κ2) is 7.01. The molecule has 0 bridgehead atoms. The van der Waals surface area contributed by atoms with Crippen molar-refractivity contribution in [2.45, 2.75) is 19.2 Å². The van der Waals surface area contributed by atoms with E-state index < -0.39 is 5.38 Å². The molecule has 1 aromatic rings. The summed E-state index contributed by atoms with van der Waals surface area (Å²) in [6, 6.07) is 7.30. The average Bonchev–Trinajstić information content (AvgIpc) is 2.34. The number of rotatable bonds is 5. The highest BCUT2D eigenvalue weighted by Gasteiger charge is 2.08. The summed E-state index contributed by atoms with van der Waals surface area (Å²) in [6.45, 7) is 4.31. The first-order chi connectivity index (χ1) is 8.50. The van der Waals surface area contributed by atoms with E-state index in [1.807, 2.05) is 19.1 Å². The SMILES string of the molecule is Cc1ccc(C(=O)NCCNC(=O)C(C)Cl)cc1. The molecule has 1 unspecified atom stereocenters. The third-order valence-corrected chi connectivity index (χ3v) is 2.58. The van der Waals surface area contributed by atoms with Gasteiger partial charge in [0.05, 0.1) is 0 Å². The summed E-state index contributed by atoms with van der Waals surface area (Å²) in [6.07, 6.45) is 0. The van der Waals surface area contributed by atoms with Crippen molar-refractivity contribution in [3.05, 3.63) is 35.4 Å². The zero-order valence-corrected chi connectivity index (χ0v) is 11.3. The predicted molar refractivity (Wildman–Crippen MR) is 71.8 cm³/mol. The summed E-state index contributed by atoms with van der Waals surface area (Å²) < 4.78 is 0. The first-order valence-corrected chi connectivity index (χ1v) is 6.21. The zero-order chi connectivity index (χ0) is 13.5. The van der Waals surface area contributed by atoms with Crippen molar-refractivity contribution in [1.82, 2.24) is 10.6 Å². The molecule has 1 rings (SSSR count). The van der Waals surface area contributed by atoms with Gasteiger partial charge in [0, 0.05) is 18.7 Å². The fourth-order valence-electron chi connectivity index (χ4n) is 1.31. The van der Waals surface area contributed by atoms with E-state index in [1.165, 1.54) is 0 Å². The van der Waals surface area contributed by atoms with Gasteiger partial charge in [-0.1, -0.05) is 17.7 Å². The van der Waals surface area contributed by atoms with Gasteiger partial charge in [0.15, 0.2) is 0 Å². The van der Waals surface area contributed by atoms with Crippen LogP contribution in [0, 0.1) is 6.92 Å². The minimum Gasteiger partial charge on any atom is -0.353 e. The fraction of sp³-hybridized carbons (Fsp3) is 0.385. The number of carbonyl (C=O) groups is 2. The maximum atomic E-state index is 11.7. The molecule has 1 atom stereocenters. The highest BCUT2D eigenvalue weighted by molar-refractivity contribution is 6.30. The number of hydrogen-bond donors (Lipinski definition) is 2. The van der Waals surface area contributed by atoms with Gasteiger partial charge < -0.3 is 10.6 Å². The van der Waals surface area contributed by atoms with Crippen molar-refractivity contribution in [2.24, 2.45) is 0 Å². The zero-order valence-electron chi connectivity index (χ0n) is 10.5. The summed E-state index contributed by atoms with van der Waals surface area (Å²) in [5.41, 5.74) is 1.72. The second-order valence-corrected chi connectivity index (χ2v) is 4.68. The number of aryl methyl sites for hydroxylation is 1. The Kier molecular flexibility index (Phi) is 5.65. The normalized spacial score (nSPS) is 11.7. The van der Waals surface area contributed by atoms with Crippen molar-refractivity contribution in [3.8, 4) is 0 Å². The maximum absolute atomic E-state index is 11.7. The monoisotopic (exact) mass is 268 g/mol. The highest BCUT2D eigenvalue weighted by Crippen LogP contribution is 2.02. The number of hydrogen-bond acceptors (Lipinski definition) is 2. The lowest BCUT2D eigenvalue weighted by Crippen LogP contribution is -2.37. The van der Waals surface area contributed by atoms with Gasteiger partial charge in [0.25, 0.3) is 5.91 Å². The van der Waals surface area contributed by atoms with Gasteiger partial charge in [-0.25, -0.2) is 0 Å². The quantitative estimate of drug-likeness (QED) is 0.628. The van der Waals surface area contributed by atoms with Crippen LogP contribution in [0.1, 0.15) is 22.8 Å². The number of benzene rings is 1. The smallest absolute Gasteiger partial charge is 0.251 e. The Labute approximate surface area is 112 Å². The topological polar surface area (TPSA) is 58.2 Å². The molecule has 0 radical (unpaired) electrons. The van der Waals surface area contributed by atoms with E-state index in [4.69, 9.17) is 11.6 Å². The third kappa shape index (κ3) is 4.75. The Morgan fingerprint density at radius 3 is 2.28 bits per heavy atom. The first kappa shape index (κ1) is 14.5. The Morgan fingerprint density at radius 2 is 1.72 bits per heavy atom. The molecule has 4 nitrogen and oxygen atoms in total. The highest BCUT2D eigenvalue weighted by atomic mass is 35.5. The number of alkyl halides is 1. The number of nitrogens with one attached hydrogen (secondary N) is 2. The summed E-state index contributed by atoms with van der Waals surface area (Å²) in [4.78, 5) is 22.8. The van der Waals surface area contributed by atoms with Crippen LogP contribution in [0.5, 0.6) is 0 Å². The van der Waals surface area contributed by atoms with Gasteiger partial charge in [-0.05, 0) is 26.0 Å². The number of amides is 2. The summed E-state index contributed by atoms with van der Waals surface area (Å²) in [5, 5.41) is 4.77. The molecule has 0 saturated heterocycles. The van der Waals surface area contributed by atoms with Gasteiger partial charge in [0.2, 0.25) is 5.91 Å². The second-order valence-electron chi connectivity index (χ2n) is 4.03. The van der Waals surface area contributed by atoms with Gasteiger partial charge in [-0.2, -0.15) is 0 Å². The summed E-state index contributed by atoms with van der Waals surface area (Å²) >= 11 is 5.58. The van der Waals surface area contributed by atoms with Crippen molar-refractivity contribution in [3.63, 3.8) is 0 Å². The molecule has 0 aromatic heterocycles. The molecule has 18 heavy (non-hydrogen) atoms. The molecule has 0 aliphatic carbocycles. The van der Waals surface area contributed by atoms with Crippen LogP contribution in [0.15, 0.2) is 24.3 Å². The van der Waals surface area contributed by atoms with E-state index in [0.29, 0.717) is 18.7 Å². The van der Waals surface area contributed by atoms with E-state index in [2.05, 4.69) is 10.6 Å². The summed E-state index contributed by atoms with van der Waals surface area (Å²) in [5.74, 6) is -0.385. The largest absolute Gasteiger partial charge is 0.353 e. The van der Waals surface area contributed by atoms with Gasteiger partial charge in [-0.15, -0.1) is 11.6 Å². The van der Waals surface area contributed by atoms with Gasteiger partial charge in [-0.3, -0.25) is 9.59 Å². The van der Waals surface area contributed by atoms with Crippen LogP contribution >= 0.6 is 11.6 Å². The van der Waals surface area contributed by atoms with Gasteiger partial charge in [0.1, 0.15) is 5.38 Å². The van der Waals surface area contributed by atoms with Crippen LogP contribution in [-0.2, 0) is 4.79 Å². The molecular formula is C13H17ClN2O2. The Bertz CT molecular complexity index is 416. The van der Waals surface area contributed by atoms with Crippen molar-refractivity contribution < 1.29 is 9.59 Å². The molecule has 0 aliphatic rings. The molecule has 1 aromatic carbocycles. The summed E-state index contributed by atoms with van der Waals surface area (Å²) in [7, 11) is 0. The lowest BCUT2D eigenvalue weighted by molar-refractivity contribution is -0.120. The molecular weight excluding hydrogens is 252 g/mol. The molecule has 0 spiro atoms. The van der Waals surface area contributed by atoms with E-state index in [-0.39, 0.29) is 11.8 Å². The molecule has 0 saturated carbocycles. The Balaban J connectivity index is 2.29. The molecule has 5 heteroatoms. The fourth-order valence-corrected chi connectivity index (χ4v) is 1.39. The standard InChI is InChI=1S/C13H17ClN2O2/c1-9-3-5-11(6-4-9)13(18)16-8-7-15-12(17)10(2)14/h3-6,10H,7-8H2,1-2H3,(H,15,17)(H,16,18). The first-order valence-electron chi connectivity index (χ1n) is 5.77. The van der Waals surface area contributed by atoms with Crippen LogP contribution in [0.25, 0.3) is 0 Å². The van der Waals surface area contributed by atoms with Gasteiger partial charge >= 0.3 is 0 Å². The van der Waals surface area contributed by atoms with E-state index in [9.17, 15) is 9.59 Å². The molecule has 2 N–H and O–H groups in total. The van der Waals surface area contributed by atoms with Crippen LogP contribution in [0.4, 0.5) is 0 Å². The maximum Gasteiger partial charge on any atom is 0.251 e. The van der Waals surface area contributed by atoms with Crippen molar-refractivity contribution in [2.75, 3.05) is 13.1 Å². The Morgan fingerprint density at radius 1 is 1.17 bits per heavy atom. The van der Waals surface area contributed by atoms with Crippen LogP contribution < -0.4 is 10.6 Å². The van der Waals surface area contributed by atoms with Crippen LogP contribution in [0.3, 0.4) is 0 Å². The predicted octanol–water partition coefficient (Wildman–Crippen LogP) is 1.47. The Hall–Kier alpha value is -1.55. The van der Waals surface area contributed by atoms with Crippen LogP contribution in [0.2, 0.25) is 0 Å². The molecule has 0 heterocycles. The lowest BCUT2D eigenvalue weighted by Gasteiger charge is -2.08. The minimum atomic E-state index is -0.558. The number of halogens is 1. The average molecular weight is 269 g/mol. The van der Waals surface area contributed by atoms with Crippen molar-refractivity contribution in [1.29, 1.82) is 0 Å². The minimum absolute atomic E-state index is 0.150. The van der Waals surface area contributed by atoms with Crippen molar-refractivity contribution >= 4 is 23.4 Å². The van der Waals surface area contributed by atoms with E-state index in [0.717, 1.165) is 5.56 Å². The molecule has 2 amide bonds. The molecule has 0 aliphatic heterocycles. The van der Waals surface area contributed by atoms with E-state index >= 15 is 0 Å². The van der Waals surface area contributed by atoms with Crippen LogP contribution in [-0.4, -0.2) is 30.3 Å². The number of carbonyl (C=O) groups excluding carboxylic acids is 2. The van der Waals surface area contributed by atoms with E-state index in [1.54, 1.807) is 19.1 Å². The molecule has 98 valence electrons.